The minimum Gasteiger partial charge on any atom is -0.444 e. The van der Waals surface area contributed by atoms with Gasteiger partial charge in [-0.05, 0) is 64.0 Å². The number of anilines is 2. The Morgan fingerprint density at radius 3 is 2.56 bits per heavy atom. The maximum Gasteiger partial charge on any atom is 0.410 e. The maximum absolute atomic E-state index is 12.2. The first kappa shape index (κ1) is 19.7. The molecule has 0 spiro atoms. The highest BCUT2D eigenvalue weighted by Gasteiger charge is 2.27. The van der Waals surface area contributed by atoms with Crippen LogP contribution in [0.1, 0.15) is 57.9 Å². The first-order valence-corrected chi connectivity index (χ1v) is 9.89. The van der Waals surface area contributed by atoms with Crippen LogP contribution in [0.15, 0.2) is 12.3 Å². The highest BCUT2D eigenvalue weighted by Crippen LogP contribution is 2.30. The molecule has 27 heavy (non-hydrogen) atoms. The average Bonchev–Trinajstić information content (AvgIpc) is 2.63. The van der Waals surface area contributed by atoms with Crippen molar-refractivity contribution in [2.75, 3.05) is 37.4 Å². The molecule has 0 radical (unpaired) electrons. The fraction of sp³-hybridized carbons (Fsp3) is 0.700. The molecule has 0 aliphatic carbocycles. The zero-order chi connectivity index (χ0) is 19.4. The van der Waals surface area contributed by atoms with E-state index in [9.17, 15) is 4.79 Å². The van der Waals surface area contributed by atoms with Crippen LogP contribution in [0.25, 0.3) is 0 Å². The molecule has 0 saturated carbocycles. The van der Waals surface area contributed by atoms with E-state index < -0.39 is 5.60 Å². The van der Waals surface area contributed by atoms with Crippen molar-refractivity contribution >= 4 is 17.6 Å². The average molecular weight is 377 g/mol. The Bertz CT molecular complexity index is 645. The molecule has 0 aromatic carbocycles. The molecule has 1 aromatic rings. The number of rotatable bonds is 3. The van der Waals surface area contributed by atoms with Crippen molar-refractivity contribution in [2.24, 2.45) is 0 Å². The number of hydrogen-bond donors (Lipinski definition) is 2. The zero-order valence-electron chi connectivity index (χ0n) is 16.7. The Labute approximate surface area is 161 Å². The van der Waals surface area contributed by atoms with E-state index in [-0.39, 0.29) is 12.1 Å². The Hall–Kier alpha value is -2.02. The van der Waals surface area contributed by atoms with Gasteiger partial charge in [0.2, 0.25) is 0 Å². The quantitative estimate of drug-likeness (QED) is 0.841. The number of hydrogen-bond acceptors (Lipinski definition) is 6. The van der Waals surface area contributed by atoms with Gasteiger partial charge >= 0.3 is 6.09 Å². The molecule has 2 aliphatic heterocycles. The predicted molar refractivity (Wildman–Crippen MR) is 106 cm³/mol. The number of amides is 1. The van der Waals surface area contributed by atoms with E-state index in [1.807, 2.05) is 27.0 Å². The van der Waals surface area contributed by atoms with Gasteiger partial charge in [0.25, 0.3) is 0 Å². The van der Waals surface area contributed by atoms with Crippen LogP contribution < -0.4 is 11.1 Å². The number of carbonyl (C=O) groups excluding carboxylic acids is 1. The number of likely N-dealkylation sites (tertiary alicyclic amines) is 1. The number of carbonyl (C=O) groups is 1. The van der Waals surface area contributed by atoms with Gasteiger partial charge in [-0.1, -0.05) is 0 Å². The SMILES string of the molecule is CC(C)(C)OC(=O)N1CCC(Nc2cc(C3CCOCC3)cnc2N)CC1. The fourth-order valence-electron chi connectivity index (χ4n) is 3.61. The van der Waals surface area contributed by atoms with Crippen LogP contribution in [-0.4, -0.2) is 53.9 Å². The van der Waals surface area contributed by atoms with Crippen molar-refractivity contribution in [1.82, 2.24) is 9.88 Å². The van der Waals surface area contributed by atoms with Crippen LogP contribution in [0.4, 0.5) is 16.3 Å². The number of pyridine rings is 1. The zero-order valence-corrected chi connectivity index (χ0v) is 16.7. The molecule has 7 nitrogen and oxygen atoms in total. The van der Waals surface area contributed by atoms with E-state index in [1.54, 1.807) is 4.90 Å². The van der Waals surface area contributed by atoms with E-state index in [1.165, 1.54) is 5.56 Å². The summed E-state index contributed by atoms with van der Waals surface area (Å²) in [6.07, 6.45) is 5.43. The third kappa shape index (κ3) is 5.48. The standard InChI is InChI=1S/C20H32N4O3/c1-20(2,3)27-19(25)24-8-4-16(5-9-24)23-17-12-15(13-22-18(17)21)14-6-10-26-11-7-14/h12-14,16,23H,4-11H2,1-3H3,(H2,21,22). The molecule has 2 aliphatic rings. The van der Waals surface area contributed by atoms with Crippen LogP contribution in [0, 0.1) is 0 Å². The topological polar surface area (TPSA) is 89.7 Å². The molecule has 2 saturated heterocycles. The van der Waals surface area contributed by atoms with Gasteiger partial charge in [-0.2, -0.15) is 0 Å². The number of nitrogen functional groups attached to an aromatic ring is 1. The Kier molecular flexibility index (Phi) is 6.09. The lowest BCUT2D eigenvalue weighted by molar-refractivity contribution is 0.0210. The number of aromatic nitrogens is 1. The van der Waals surface area contributed by atoms with E-state index in [0.717, 1.165) is 44.6 Å². The second-order valence-electron chi connectivity index (χ2n) is 8.47. The molecule has 3 heterocycles. The summed E-state index contributed by atoms with van der Waals surface area (Å²) in [5.74, 6) is 1.02. The Balaban J connectivity index is 1.56. The summed E-state index contributed by atoms with van der Waals surface area (Å²) in [7, 11) is 0. The van der Waals surface area contributed by atoms with Crippen molar-refractivity contribution in [3.8, 4) is 0 Å². The van der Waals surface area contributed by atoms with E-state index >= 15 is 0 Å². The molecule has 1 aromatic heterocycles. The highest BCUT2D eigenvalue weighted by atomic mass is 16.6. The fourth-order valence-corrected chi connectivity index (χ4v) is 3.61. The van der Waals surface area contributed by atoms with Gasteiger partial charge in [0.1, 0.15) is 11.4 Å². The summed E-state index contributed by atoms with van der Waals surface area (Å²) in [6.45, 7) is 8.64. The largest absolute Gasteiger partial charge is 0.444 e. The van der Waals surface area contributed by atoms with Gasteiger partial charge in [-0.25, -0.2) is 9.78 Å². The molecule has 3 rings (SSSR count). The number of piperidine rings is 1. The summed E-state index contributed by atoms with van der Waals surface area (Å²) in [5, 5.41) is 3.54. The predicted octanol–water partition coefficient (Wildman–Crippen LogP) is 3.37. The lowest BCUT2D eigenvalue weighted by Gasteiger charge is -2.34. The maximum atomic E-state index is 12.2. The van der Waals surface area contributed by atoms with Crippen LogP contribution >= 0.6 is 0 Å². The summed E-state index contributed by atoms with van der Waals surface area (Å²) in [6, 6.07) is 2.41. The van der Waals surface area contributed by atoms with Gasteiger partial charge in [0, 0.05) is 38.5 Å². The minimum absolute atomic E-state index is 0.233. The summed E-state index contributed by atoms with van der Waals surface area (Å²) in [5.41, 5.74) is 7.76. The summed E-state index contributed by atoms with van der Waals surface area (Å²) >= 11 is 0. The Morgan fingerprint density at radius 2 is 1.93 bits per heavy atom. The van der Waals surface area contributed by atoms with Crippen molar-refractivity contribution < 1.29 is 14.3 Å². The van der Waals surface area contributed by atoms with Crippen LogP contribution in [-0.2, 0) is 9.47 Å². The van der Waals surface area contributed by atoms with Crippen molar-refractivity contribution in [3.05, 3.63) is 17.8 Å². The van der Waals surface area contributed by atoms with Gasteiger partial charge in [0.05, 0.1) is 5.69 Å². The van der Waals surface area contributed by atoms with Crippen LogP contribution in [0.5, 0.6) is 0 Å². The normalized spacial score (nSPS) is 19.7. The van der Waals surface area contributed by atoms with Gasteiger partial charge in [-0.15, -0.1) is 0 Å². The van der Waals surface area contributed by atoms with E-state index in [0.29, 0.717) is 24.8 Å². The van der Waals surface area contributed by atoms with E-state index in [2.05, 4.69) is 16.4 Å². The highest BCUT2D eigenvalue weighted by molar-refractivity contribution is 5.68. The third-order valence-corrected chi connectivity index (χ3v) is 5.14. The number of nitrogens with zero attached hydrogens (tertiary/aromatic N) is 2. The molecular formula is C20H32N4O3. The summed E-state index contributed by atoms with van der Waals surface area (Å²) < 4.78 is 10.9. The lowest BCUT2D eigenvalue weighted by Crippen LogP contribution is -2.44. The number of ether oxygens (including phenoxy) is 2. The molecule has 0 atom stereocenters. The van der Waals surface area contributed by atoms with Crippen molar-refractivity contribution in [3.63, 3.8) is 0 Å². The van der Waals surface area contributed by atoms with Gasteiger partial charge in [-0.3, -0.25) is 0 Å². The Morgan fingerprint density at radius 1 is 1.26 bits per heavy atom. The molecule has 0 unspecified atom stereocenters. The molecule has 7 heteroatoms. The molecule has 2 fully saturated rings. The van der Waals surface area contributed by atoms with E-state index in [4.69, 9.17) is 15.2 Å². The monoisotopic (exact) mass is 376 g/mol. The molecule has 3 N–H and O–H groups in total. The molecular weight excluding hydrogens is 344 g/mol. The van der Waals surface area contributed by atoms with Crippen LogP contribution in [0.3, 0.4) is 0 Å². The minimum atomic E-state index is -0.461. The number of nitrogens with one attached hydrogen (secondary N) is 1. The second kappa shape index (κ2) is 8.33. The first-order chi connectivity index (χ1) is 12.8. The summed E-state index contributed by atoms with van der Waals surface area (Å²) in [4.78, 5) is 18.4. The van der Waals surface area contributed by atoms with Crippen molar-refractivity contribution in [2.45, 2.75) is 64.0 Å². The number of nitrogens with two attached hydrogens (primary N) is 1. The lowest BCUT2D eigenvalue weighted by atomic mass is 9.92. The second-order valence-corrected chi connectivity index (χ2v) is 8.47. The third-order valence-electron chi connectivity index (χ3n) is 5.14. The van der Waals surface area contributed by atoms with Crippen LogP contribution in [0.2, 0.25) is 0 Å². The van der Waals surface area contributed by atoms with Crippen molar-refractivity contribution in [1.29, 1.82) is 0 Å². The molecule has 1 amide bonds. The molecule has 150 valence electrons. The van der Waals surface area contributed by atoms with Gasteiger partial charge in [0.15, 0.2) is 0 Å². The molecule has 0 bridgehead atoms. The first-order valence-electron chi connectivity index (χ1n) is 9.89. The smallest absolute Gasteiger partial charge is 0.410 e. The van der Waals surface area contributed by atoms with Gasteiger partial charge < -0.3 is 25.4 Å².